The van der Waals surface area contributed by atoms with Crippen LogP contribution >= 0.6 is 23.5 Å². The van der Waals surface area contributed by atoms with Gasteiger partial charge in [0.15, 0.2) is 0 Å². The summed E-state index contributed by atoms with van der Waals surface area (Å²) in [5.74, 6) is 0. The lowest BCUT2D eigenvalue weighted by atomic mass is 9.90. The van der Waals surface area contributed by atoms with Gasteiger partial charge < -0.3 is 0 Å². The fraction of sp³-hybridized carbons (Fsp3) is 0.0667. The Morgan fingerprint density at radius 1 is 0.438 bits per heavy atom. The minimum Gasteiger partial charge on any atom is -0.0894 e. The maximum atomic E-state index is 2.35. The second kappa shape index (κ2) is 7.88. The number of hydrogen-bond donors (Lipinski definition) is 0. The lowest BCUT2D eigenvalue weighted by Gasteiger charge is -2.19. The van der Waals surface area contributed by atoms with Gasteiger partial charge in [0, 0.05) is 19.6 Å². The molecule has 2 heteroatoms. The Labute approximate surface area is 197 Å². The number of aryl methyl sites for hydroxylation is 2. The van der Waals surface area contributed by atoms with E-state index in [1.165, 1.54) is 63.0 Å². The van der Waals surface area contributed by atoms with Crippen LogP contribution in [0.15, 0.2) is 117 Å². The Morgan fingerprint density at radius 3 is 1.22 bits per heavy atom. The van der Waals surface area contributed by atoms with Gasteiger partial charge in [-0.3, -0.25) is 0 Å². The Hall–Kier alpha value is -2.94. The van der Waals surface area contributed by atoms with E-state index in [1.807, 2.05) is 23.5 Å². The van der Waals surface area contributed by atoms with Crippen LogP contribution in [0.3, 0.4) is 0 Å². The lowest BCUT2D eigenvalue weighted by molar-refractivity contribution is 1.40. The SMILES string of the molecule is Cc1cc(Sc2ccccc2)c2ccc3c(Sc4ccccc4)cc(C)c4ccc1c2c43. The molecule has 0 atom stereocenters. The predicted octanol–water partition coefficient (Wildman–Crippen LogP) is 9.50. The van der Waals surface area contributed by atoms with Gasteiger partial charge in [0.25, 0.3) is 0 Å². The van der Waals surface area contributed by atoms with E-state index in [2.05, 4.69) is 111 Å². The molecule has 0 heterocycles. The van der Waals surface area contributed by atoms with E-state index < -0.39 is 0 Å². The zero-order chi connectivity index (χ0) is 21.7. The van der Waals surface area contributed by atoms with Gasteiger partial charge >= 0.3 is 0 Å². The third-order valence-corrected chi connectivity index (χ3v) is 8.31. The fourth-order valence-electron chi connectivity index (χ4n) is 4.67. The monoisotopic (exact) mass is 446 g/mol. The highest BCUT2D eigenvalue weighted by molar-refractivity contribution is 7.99. The first-order chi connectivity index (χ1) is 15.7. The molecule has 6 aromatic rings. The van der Waals surface area contributed by atoms with Crippen molar-refractivity contribution in [3.63, 3.8) is 0 Å². The standard InChI is InChI=1S/C30H22S2/c1-19-17-27(31-21-9-5-3-6-10-21)25-15-16-26-28(32-22-11-7-4-8-12-22)18-20(2)24-14-13-23(19)29(25)30(24)26/h3-18H,1-2H3. The molecule has 0 aliphatic rings. The highest BCUT2D eigenvalue weighted by Gasteiger charge is 2.17. The molecule has 6 rings (SSSR count). The smallest absolute Gasteiger partial charge is 0.0204 e. The van der Waals surface area contributed by atoms with Crippen molar-refractivity contribution in [3.8, 4) is 0 Å². The van der Waals surface area contributed by atoms with Crippen LogP contribution in [0.4, 0.5) is 0 Å². The lowest BCUT2D eigenvalue weighted by Crippen LogP contribution is -1.92. The first-order valence-corrected chi connectivity index (χ1v) is 12.5. The zero-order valence-corrected chi connectivity index (χ0v) is 19.7. The molecule has 0 N–H and O–H groups in total. The van der Waals surface area contributed by atoms with Crippen LogP contribution < -0.4 is 0 Å². The summed E-state index contributed by atoms with van der Waals surface area (Å²) in [7, 11) is 0. The summed E-state index contributed by atoms with van der Waals surface area (Å²) in [6.45, 7) is 4.49. The Morgan fingerprint density at radius 2 is 0.812 bits per heavy atom. The van der Waals surface area contributed by atoms with Crippen LogP contribution in [0.2, 0.25) is 0 Å². The third kappa shape index (κ3) is 3.26. The molecule has 0 spiro atoms. The zero-order valence-electron chi connectivity index (χ0n) is 18.1. The number of hydrogen-bond acceptors (Lipinski definition) is 2. The van der Waals surface area contributed by atoms with E-state index in [0.29, 0.717) is 0 Å². The molecule has 0 aromatic heterocycles. The summed E-state index contributed by atoms with van der Waals surface area (Å²) in [5, 5.41) is 8.21. The topological polar surface area (TPSA) is 0 Å². The van der Waals surface area contributed by atoms with Crippen molar-refractivity contribution in [2.45, 2.75) is 33.4 Å². The molecule has 0 saturated heterocycles. The van der Waals surface area contributed by atoms with E-state index in [9.17, 15) is 0 Å². The van der Waals surface area contributed by atoms with Crippen LogP contribution in [0, 0.1) is 13.8 Å². The first-order valence-electron chi connectivity index (χ1n) is 10.9. The second-order valence-corrected chi connectivity index (χ2v) is 10.5. The van der Waals surface area contributed by atoms with Crippen molar-refractivity contribution in [1.82, 2.24) is 0 Å². The summed E-state index contributed by atoms with van der Waals surface area (Å²) < 4.78 is 0. The van der Waals surface area contributed by atoms with Gasteiger partial charge in [-0.25, -0.2) is 0 Å². The van der Waals surface area contributed by atoms with Crippen molar-refractivity contribution in [2.24, 2.45) is 0 Å². The van der Waals surface area contributed by atoms with Crippen molar-refractivity contribution < 1.29 is 0 Å². The average molecular weight is 447 g/mol. The van der Waals surface area contributed by atoms with E-state index in [4.69, 9.17) is 0 Å². The molecular formula is C30H22S2. The molecule has 32 heavy (non-hydrogen) atoms. The highest BCUT2D eigenvalue weighted by atomic mass is 32.2. The van der Waals surface area contributed by atoms with Crippen molar-refractivity contribution in [2.75, 3.05) is 0 Å². The van der Waals surface area contributed by atoms with Crippen LogP contribution in [-0.2, 0) is 0 Å². The summed E-state index contributed by atoms with van der Waals surface area (Å²) in [4.78, 5) is 5.21. The average Bonchev–Trinajstić information content (AvgIpc) is 2.82. The van der Waals surface area contributed by atoms with Crippen LogP contribution in [0.5, 0.6) is 0 Å². The van der Waals surface area contributed by atoms with Crippen LogP contribution in [0.1, 0.15) is 11.1 Å². The van der Waals surface area contributed by atoms with Crippen LogP contribution in [0.25, 0.3) is 32.3 Å². The van der Waals surface area contributed by atoms with Gasteiger partial charge in [0.2, 0.25) is 0 Å². The molecule has 0 saturated carbocycles. The summed E-state index contributed by atoms with van der Waals surface area (Å²) >= 11 is 3.72. The quantitative estimate of drug-likeness (QED) is 0.247. The van der Waals surface area contributed by atoms with Gasteiger partial charge in [-0.2, -0.15) is 0 Å². The molecule has 0 aliphatic carbocycles. The largest absolute Gasteiger partial charge is 0.0894 e. The van der Waals surface area contributed by atoms with E-state index in [0.717, 1.165) is 0 Å². The van der Waals surface area contributed by atoms with E-state index >= 15 is 0 Å². The normalized spacial score (nSPS) is 11.7. The van der Waals surface area contributed by atoms with Gasteiger partial charge in [0.1, 0.15) is 0 Å². The maximum Gasteiger partial charge on any atom is 0.0204 e. The van der Waals surface area contributed by atoms with Gasteiger partial charge in [-0.15, -0.1) is 0 Å². The Balaban J connectivity index is 1.64. The van der Waals surface area contributed by atoms with Gasteiger partial charge in [0.05, 0.1) is 0 Å². The Bertz CT molecular complexity index is 1450. The van der Waals surface area contributed by atoms with Crippen molar-refractivity contribution in [3.05, 3.63) is 108 Å². The summed E-state index contributed by atoms with van der Waals surface area (Å²) in [5.41, 5.74) is 2.67. The summed E-state index contributed by atoms with van der Waals surface area (Å²) in [6, 6.07) is 35.4. The molecule has 0 aliphatic heterocycles. The minimum absolute atomic E-state index is 1.28. The molecule has 0 unspecified atom stereocenters. The van der Waals surface area contributed by atoms with E-state index in [1.54, 1.807) is 0 Å². The van der Waals surface area contributed by atoms with Crippen molar-refractivity contribution >= 4 is 55.8 Å². The first kappa shape index (κ1) is 19.7. The molecule has 0 fully saturated rings. The summed E-state index contributed by atoms with van der Waals surface area (Å²) in [6.07, 6.45) is 0. The molecule has 154 valence electrons. The molecule has 0 radical (unpaired) electrons. The second-order valence-electron chi connectivity index (χ2n) is 8.28. The third-order valence-electron chi connectivity index (χ3n) is 6.18. The number of rotatable bonds is 4. The Kier molecular flexibility index (Phi) is 4.86. The molecule has 0 nitrogen and oxygen atoms in total. The van der Waals surface area contributed by atoms with Gasteiger partial charge in [-0.1, -0.05) is 84.2 Å². The van der Waals surface area contributed by atoms with Crippen LogP contribution in [-0.4, -0.2) is 0 Å². The molecule has 0 bridgehead atoms. The van der Waals surface area contributed by atoms with Crippen molar-refractivity contribution in [1.29, 1.82) is 0 Å². The fourth-order valence-corrected chi connectivity index (χ4v) is 6.79. The highest BCUT2D eigenvalue weighted by Crippen LogP contribution is 2.46. The van der Waals surface area contributed by atoms with E-state index in [-0.39, 0.29) is 0 Å². The predicted molar refractivity (Wildman–Crippen MR) is 141 cm³/mol. The maximum absolute atomic E-state index is 2.35. The molecular weight excluding hydrogens is 424 g/mol. The van der Waals surface area contributed by atoms with Gasteiger partial charge in [-0.05, 0) is 93.7 Å². The number of benzene rings is 6. The minimum atomic E-state index is 1.28. The molecule has 0 amide bonds. The molecule has 6 aromatic carbocycles.